The molecule has 1 amide bonds. The van der Waals surface area contributed by atoms with Crippen LogP contribution in [0.25, 0.3) is 11.4 Å². The number of anilines is 1. The van der Waals surface area contributed by atoms with Crippen LogP contribution in [-0.4, -0.2) is 26.4 Å². The fraction of sp³-hybridized carbons (Fsp3) is 0.278. The summed E-state index contributed by atoms with van der Waals surface area (Å²) in [5.41, 5.74) is 1.76. The molecule has 2 heterocycles. The van der Waals surface area contributed by atoms with Crippen LogP contribution >= 0.6 is 34.7 Å². The second kappa shape index (κ2) is 8.70. The third-order valence-electron chi connectivity index (χ3n) is 3.59. The zero-order chi connectivity index (χ0) is 18.5. The monoisotopic (exact) mass is 406 g/mol. The minimum Gasteiger partial charge on any atom is -0.325 e. The van der Waals surface area contributed by atoms with Gasteiger partial charge in [-0.25, -0.2) is 0 Å². The Hall–Kier alpha value is -1.83. The summed E-state index contributed by atoms with van der Waals surface area (Å²) in [7, 11) is 0. The number of rotatable bonds is 7. The number of hydrogen-bond donors (Lipinski definition) is 1. The predicted octanol–water partition coefficient (Wildman–Crippen LogP) is 5.11. The first kappa shape index (κ1) is 18.9. The van der Waals surface area contributed by atoms with Crippen LogP contribution in [0.15, 0.2) is 40.9 Å². The van der Waals surface area contributed by atoms with E-state index in [2.05, 4.69) is 45.4 Å². The number of hydrogen-bond acceptors (Lipinski definition) is 5. The van der Waals surface area contributed by atoms with Gasteiger partial charge in [0.05, 0.1) is 5.75 Å². The van der Waals surface area contributed by atoms with Crippen LogP contribution in [-0.2, 0) is 11.3 Å². The van der Waals surface area contributed by atoms with Gasteiger partial charge in [0.1, 0.15) is 0 Å². The van der Waals surface area contributed by atoms with Gasteiger partial charge in [-0.3, -0.25) is 4.79 Å². The van der Waals surface area contributed by atoms with Crippen molar-refractivity contribution in [1.29, 1.82) is 0 Å². The molecule has 0 fully saturated rings. The zero-order valence-corrected chi connectivity index (χ0v) is 16.9. The largest absolute Gasteiger partial charge is 0.325 e. The molecule has 1 aromatic carbocycles. The van der Waals surface area contributed by atoms with Crippen molar-refractivity contribution < 1.29 is 4.79 Å². The number of aryl methyl sites for hydroxylation is 1. The van der Waals surface area contributed by atoms with Gasteiger partial charge in [-0.05, 0) is 37.6 Å². The first-order valence-corrected chi connectivity index (χ1v) is 10.5. The SMILES string of the molecule is CCCn1c(SCC(=O)Nc2cccc(Cl)c2)nnc1-c1csc(C)c1. The van der Waals surface area contributed by atoms with E-state index in [-0.39, 0.29) is 11.7 Å². The van der Waals surface area contributed by atoms with Crippen molar-refractivity contribution in [2.24, 2.45) is 0 Å². The number of carbonyl (C=O) groups excluding carboxylic acids is 1. The fourth-order valence-electron chi connectivity index (χ4n) is 2.49. The molecule has 0 saturated heterocycles. The number of nitrogens with zero attached hydrogens (tertiary/aromatic N) is 3. The molecule has 1 N–H and O–H groups in total. The molecule has 0 atom stereocenters. The minimum atomic E-state index is -0.101. The van der Waals surface area contributed by atoms with Crippen molar-refractivity contribution in [3.63, 3.8) is 0 Å². The Balaban J connectivity index is 1.69. The van der Waals surface area contributed by atoms with E-state index in [1.807, 2.05) is 6.07 Å². The lowest BCUT2D eigenvalue weighted by Crippen LogP contribution is -2.14. The van der Waals surface area contributed by atoms with Crippen molar-refractivity contribution in [3.05, 3.63) is 45.6 Å². The van der Waals surface area contributed by atoms with Crippen LogP contribution in [0.2, 0.25) is 5.02 Å². The summed E-state index contributed by atoms with van der Waals surface area (Å²) in [5, 5.41) is 14.9. The maximum Gasteiger partial charge on any atom is 0.234 e. The minimum absolute atomic E-state index is 0.101. The second-order valence-electron chi connectivity index (χ2n) is 5.75. The lowest BCUT2D eigenvalue weighted by molar-refractivity contribution is -0.113. The van der Waals surface area contributed by atoms with Gasteiger partial charge < -0.3 is 9.88 Å². The number of thiophene rings is 1. The molecular weight excluding hydrogens is 388 g/mol. The summed E-state index contributed by atoms with van der Waals surface area (Å²) in [6.45, 7) is 5.00. The van der Waals surface area contributed by atoms with E-state index in [9.17, 15) is 4.79 Å². The van der Waals surface area contributed by atoms with Crippen LogP contribution in [0.5, 0.6) is 0 Å². The molecule has 0 aliphatic rings. The van der Waals surface area contributed by atoms with E-state index < -0.39 is 0 Å². The number of benzene rings is 1. The van der Waals surface area contributed by atoms with Crippen LogP contribution in [0.1, 0.15) is 18.2 Å². The summed E-state index contributed by atoms with van der Waals surface area (Å²) in [6, 6.07) is 9.22. The molecule has 2 aromatic heterocycles. The molecule has 136 valence electrons. The van der Waals surface area contributed by atoms with Gasteiger partial charge in [-0.1, -0.05) is 36.4 Å². The van der Waals surface area contributed by atoms with E-state index >= 15 is 0 Å². The Bertz CT molecular complexity index is 906. The average molecular weight is 407 g/mol. The summed E-state index contributed by atoms with van der Waals surface area (Å²) >= 11 is 9.02. The molecular formula is C18H19ClN4OS2. The molecule has 5 nitrogen and oxygen atoms in total. The summed E-state index contributed by atoms with van der Waals surface area (Å²) < 4.78 is 2.08. The first-order chi connectivity index (χ1) is 12.6. The van der Waals surface area contributed by atoms with Gasteiger partial charge in [-0.15, -0.1) is 21.5 Å². The molecule has 0 saturated carbocycles. The number of halogens is 1. The molecule has 0 aliphatic carbocycles. The normalized spacial score (nSPS) is 10.9. The molecule has 0 aliphatic heterocycles. The zero-order valence-electron chi connectivity index (χ0n) is 14.5. The molecule has 0 spiro atoms. The Kier molecular flexibility index (Phi) is 6.34. The molecule has 3 rings (SSSR count). The number of amides is 1. The molecule has 0 radical (unpaired) electrons. The van der Waals surface area contributed by atoms with Crippen molar-refractivity contribution in [2.75, 3.05) is 11.1 Å². The van der Waals surface area contributed by atoms with E-state index in [1.54, 1.807) is 29.5 Å². The third-order valence-corrected chi connectivity index (χ3v) is 5.66. The Morgan fingerprint density at radius 2 is 2.19 bits per heavy atom. The van der Waals surface area contributed by atoms with E-state index in [0.717, 1.165) is 29.5 Å². The van der Waals surface area contributed by atoms with Gasteiger partial charge >= 0.3 is 0 Å². The van der Waals surface area contributed by atoms with Gasteiger partial charge in [0.2, 0.25) is 5.91 Å². The number of thioether (sulfide) groups is 1. The molecule has 8 heteroatoms. The van der Waals surface area contributed by atoms with Crippen LogP contribution in [0.3, 0.4) is 0 Å². The number of nitrogens with one attached hydrogen (secondary N) is 1. The van der Waals surface area contributed by atoms with Crippen LogP contribution < -0.4 is 5.32 Å². The summed E-state index contributed by atoms with van der Waals surface area (Å²) in [5.74, 6) is 1.02. The molecule has 26 heavy (non-hydrogen) atoms. The smallest absolute Gasteiger partial charge is 0.234 e. The maximum atomic E-state index is 12.2. The predicted molar refractivity (Wildman–Crippen MR) is 109 cm³/mol. The Labute approximate surface area is 165 Å². The van der Waals surface area contributed by atoms with E-state index in [0.29, 0.717) is 10.7 Å². The lowest BCUT2D eigenvalue weighted by atomic mass is 10.3. The molecule has 0 bridgehead atoms. The Morgan fingerprint density at radius 1 is 1.35 bits per heavy atom. The Morgan fingerprint density at radius 3 is 2.88 bits per heavy atom. The highest BCUT2D eigenvalue weighted by molar-refractivity contribution is 7.99. The van der Waals surface area contributed by atoms with Crippen LogP contribution in [0.4, 0.5) is 5.69 Å². The highest BCUT2D eigenvalue weighted by Gasteiger charge is 2.16. The van der Waals surface area contributed by atoms with Gasteiger partial charge in [0, 0.05) is 33.1 Å². The van der Waals surface area contributed by atoms with Gasteiger partial charge in [-0.2, -0.15) is 0 Å². The van der Waals surface area contributed by atoms with Gasteiger partial charge in [0.25, 0.3) is 0 Å². The second-order valence-corrected chi connectivity index (χ2v) is 8.25. The maximum absolute atomic E-state index is 12.2. The lowest BCUT2D eigenvalue weighted by Gasteiger charge is -2.08. The highest BCUT2D eigenvalue weighted by atomic mass is 35.5. The summed E-state index contributed by atoms with van der Waals surface area (Å²) in [4.78, 5) is 13.5. The quantitative estimate of drug-likeness (QED) is 0.554. The van der Waals surface area contributed by atoms with E-state index in [4.69, 9.17) is 11.6 Å². The molecule has 3 aromatic rings. The van der Waals surface area contributed by atoms with E-state index in [1.165, 1.54) is 16.6 Å². The standard InChI is InChI=1S/C18H19ClN4OS2/c1-3-7-23-17(13-8-12(2)25-10-13)21-22-18(23)26-11-16(24)20-15-6-4-5-14(19)9-15/h4-6,8-10H,3,7,11H2,1-2H3,(H,20,24). The number of carbonyl (C=O) groups is 1. The fourth-order valence-corrected chi connectivity index (χ4v) is 4.12. The van der Waals surface area contributed by atoms with Crippen LogP contribution in [0, 0.1) is 6.92 Å². The first-order valence-electron chi connectivity index (χ1n) is 8.23. The molecule has 0 unspecified atom stereocenters. The third kappa shape index (κ3) is 4.66. The number of aromatic nitrogens is 3. The average Bonchev–Trinajstić information content (AvgIpc) is 3.19. The van der Waals surface area contributed by atoms with Crippen molar-refractivity contribution >= 4 is 46.3 Å². The van der Waals surface area contributed by atoms with Crippen molar-refractivity contribution in [3.8, 4) is 11.4 Å². The summed E-state index contributed by atoms with van der Waals surface area (Å²) in [6.07, 6.45) is 0.969. The van der Waals surface area contributed by atoms with Gasteiger partial charge in [0.15, 0.2) is 11.0 Å². The topological polar surface area (TPSA) is 59.8 Å². The highest BCUT2D eigenvalue weighted by Crippen LogP contribution is 2.28. The van der Waals surface area contributed by atoms with Crippen molar-refractivity contribution in [1.82, 2.24) is 14.8 Å². The van der Waals surface area contributed by atoms with Crippen molar-refractivity contribution in [2.45, 2.75) is 32.0 Å².